The SMILES string of the molecule is COc1ccc(OC)c(/C=C/C(=O)N2CCC[C@H]2c2nnc(S(C)(=O)=O)o2)c1. The van der Waals surface area contributed by atoms with Crippen LogP contribution in [-0.4, -0.2) is 56.4 Å². The molecule has 1 atom stereocenters. The molecule has 1 aromatic heterocycles. The van der Waals surface area contributed by atoms with Crippen LogP contribution in [0.3, 0.4) is 0 Å². The highest BCUT2D eigenvalue weighted by Gasteiger charge is 2.33. The summed E-state index contributed by atoms with van der Waals surface area (Å²) in [6.45, 7) is 0.514. The van der Waals surface area contributed by atoms with Crippen molar-refractivity contribution in [3.63, 3.8) is 0 Å². The van der Waals surface area contributed by atoms with Crippen molar-refractivity contribution in [2.75, 3.05) is 27.0 Å². The summed E-state index contributed by atoms with van der Waals surface area (Å²) in [6.07, 6.45) is 5.45. The summed E-state index contributed by atoms with van der Waals surface area (Å²) in [7, 11) is -0.485. The van der Waals surface area contributed by atoms with Crippen LogP contribution in [0.4, 0.5) is 0 Å². The fourth-order valence-corrected chi connectivity index (χ4v) is 3.44. The summed E-state index contributed by atoms with van der Waals surface area (Å²) < 4.78 is 38.9. The molecule has 1 aromatic carbocycles. The number of rotatable bonds is 6. The smallest absolute Gasteiger partial charge is 0.335 e. The lowest BCUT2D eigenvalue weighted by Gasteiger charge is -2.20. The van der Waals surface area contributed by atoms with Gasteiger partial charge in [-0.2, -0.15) is 0 Å². The van der Waals surface area contributed by atoms with Gasteiger partial charge in [-0.15, -0.1) is 5.10 Å². The fourth-order valence-electron chi connectivity index (χ4n) is 3.02. The van der Waals surface area contributed by atoms with Crippen molar-refractivity contribution in [1.29, 1.82) is 0 Å². The first kappa shape index (κ1) is 19.9. The van der Waals surface area contributed by atoms with Crippen molar-refractivity contribution in [3.05, 3.63) is 35.7 Å². The monoisotopic (exact) mass is 407 g/mol. The molecule has 1 saturated heterocycles. The van der Waals surface area contributed by atoms with Gasteiger partial charge in [-0.3, -0.25) is 4.79 Å². The first-order chi connectivity index (χ1) is 13.3. The molecule has 0 aliphatic carbocycles. The lowest BCUT2D eigenvalue weighted by atomic mass is 10.1. The maximum Gasteiger partial charge on any atom is 0.335 e. The van der Waals surface area contributed by atoms with Gasteiger partial charge >= 0.3 is 5.22 Å². The van der Waals surface area contributed by atoms with E-state index in [1.165, 1.54) is 6.08 Å². The van der Waals surface area contributed by atoms with Crippen molar-refractivity contribution in [3.8, 4) is 11.5 Å². The minimum absolute atomic E-state index is 0.124. The van der Waals surface area contributed by atoms with Crippen LogP contribution in [0, 0.1) is 0 Å². The summed E-state index contributed by atoms with van der Waals surface area (Å²) in [5.74, 6) is 1.13. The largest absolute Gasteiger partial charge is 0.497 e. The van der Waals surface area contributed by atoms with Gasteiger partial charge in [-0.1, -0.05) is 5.10 Å². The molecule has 150 valence electrons. The number of amides is 1. The van der Waals surface area contributed by atoms with Gasteiger partial charge in [0.1, 0.15) is 17.5 Å². The average Bonchev–Trinajstić information content (AvgIpc) is 3.34. The van der Waals surface area contributed by atoms with Gasteiger partial charge in [0.05, 0.1) is 14.2 Å². The standard InChI is InChI=1S/C18H21N3O6S/c1-25-13-7-8-15(26-2)12(11-13)6-9-16(22)21-10-4-5-14(21)17-19-20-18(27-17)28(3,23)24/h6-9,11,14H,4-5,10H2,1-3H3/b9-6+/t14-/m0/s1. The molecule has 28 heavy (non-hydrogen) atoms. The van der Waals surface area contributed by atoms with E-state index in [0.29, 0.717) is 30.0 Å². The summed E-state index contributed by atoms with van der Waals surface area (Å²) in [6, 6.07) is 4.84. The van der Waals surface area contributed by atoms with E-state index in [1.54, 1.807) is 43.4 Å². The Morgan fingerprint density at radius 2 is 2.07 bits per heavy atom. The topological polar surface area (TPSA) is 112 Å². The van der Waals surface area contributed by atoms with Crippen molar-refractivity contribution in [2.45, 2.75) is 24.1 Å². The number of benzene rings is 1. The van der Waals surface area contributed by atoms with Gasteiger partial charge in [0.15, 0.2) is 0 Å². The Morgan fingerprint density at radius 1 is 1.29 bits per heavy atom. The first-order valence-corrected chi connectivity index (χ1v) is 10.5. The summed E-state index contributed by atoms with van der Waals surface area (Å²) >= 11 is 0. The van der Waals surface area contributed by atoms with Crippen LogP contribution in [-0.2, 0) is 14.6 Å². The number of nitrogens with zero attached hydrogens (tertiary/aromatic N) is 3. The van der Waals surface area contributed by atoms with Crippen molar-refractivity contribution >= 4 is 21.8 Å². The van der Waals surface area contributed by atoms with Gasteiger partial charge in [0.2, 0.25) is 21.6 Å². The van der Waals surface area contributed by atoms with Crippen LogP contribution in [0.2, 0.25) is 0 Å². The zero-order valence-electron chi connectivity index (χ0n) is 15.8. The minimum atomic E-state index is -3.59. The third kappa shape index (κ3) is 4.16. The van der Waals surface area contributed by atoms with E-state index < -0.39 is 21.1 Å². The Kier molecular flexibility index (Phi) is 5.68. The molecule has 3 rings (SSSR count). The quantitative estimate of drug-likeness (QED) is 0.667. The van der Waals surface area contributed by atoms with Gasteiger partial charge < -0.3 is 18.8 Å². The van der Waals surface area contributed by atoms with Gasteiger partial charge in [0.25, 0.3) is 0 Å². The van der Waals surface area contributed by atoms with E-state index in [4.69, 9.17) is 13.9 Å². The predicted molar refractivity (Wildman–Crippen MR) is 99.7 cm³/mol. The highest BCUT2D eigenvalue weighted by molar-refractivity contribution is 7.90. The van der Waals surface area contributed by atoms with E-state index in [0.717, 1.165) is 12.7 Å². The maximum absolute atomic E-state index is 12.7. The van der Waals surface area contributed by atoms with E-state index in [1.807, 2.05) is 0 Å². The number of carbonyl (C=O) groups is 1. The number of likely N-dealkylation sites (tertiary alicyclic amines) is 1. The number of hydrogen-bond acceptors (Lipinski definition) is 8. The van der Waals surface area contributed by atoms with Crippen LogP contribution >= 0.6 is 0 Å². The molecule has 0 spiro atoms. The summed E-state index contributed by atoms with van der Waals surface area (Å²) in [4.78, 5) is 14.3. The van der Waals surface area contributed by atoms with Gasteiger partial charge in [-0.25, -0.2) is 8.42 Å². The van der Waals surface area contributed by atoms with Crippen LogP contribution in [0.15, 0.2) is 33.9 Å². The molecular weight excluding hydrogens is 386 g/mol. The molecule has 0 bridgehead atoms. The Morgan fingerprint density at radius 3 is 2.71 bits per heavy atom. The molecule has 2 aromatic rings. The second-order valence-electron chi connectivity index (χ2n) is 6.31. The summed E-state index contributed by atoms with van der Waals surface area (Å²) in [5, 5.41) is 6.94. The fraction of sp³-hybridized carbons (Fsp3) is 0.389. The number of aromatic nitrogens is 2. The molecule has 1 aliphatic rings. The zero-order valence-corrected chi connectivity index (χ0v) is 16.6. The van der Waals surface area contributed by atoms with Crippen LogP contribution < -0.4 is 9.47 Å². The number of carbonyl (C=O) groups excluding carboxylic acids is 1. The molecule has 0 radical (unpaired) electrons. The van der Waals surface area contributed by atoms with E-state index in [-0.39, 0.29) is 11.8 Å². The van der Waals surface area contributed by atoms with Crippen molar-refractivity contribution < 1.29 is 27.1 Å². The predicted octanol–water partition coefficient (Wildman–Crippen LogP) is 1.87. The molecule has 0 N–H and O–H groups in total. The number of methoxy groups -OCH3 is 2. The molecular formula is C18H21N3O6S. The Labute approximate surface area is 162 Å². The van der Waals surface area contributed by atoms with E-state index >= 15 is 0 Å². The molecule has 1 fully saturated rings. The van der Waals surface area contributed by atoms with Crippen molar-refractivity contribution in [2.24, 2.45) is 0 Å². The molecule has 9 nitrogen and oxygen atoms in total. The van der Waals surface area contributed by atoms with E-state index in [2.05, 4.69) is 10.2 Å². The molecule has 1 amide bonds. The molecule has 2 heterocycles. The Balaban J connectivity index is 1.80. The second kappa shape index (κ2) is 8.01. The molecule has 10 heteroatoms. The summed E-state index contributed by atoms with van der Waals surface area (Å²) in [5.41, 5.74) is 0.697. The Bertz CT molecular complexity index is 998. The average molecular weight is 407 g/mol. The number of sulfone groups is 1. The normalized spacial score (nSPS) is 17.2. The number of ether oxygens (including phenoxy) is 2. The molecule has 0 saturated carbocycles. The third-order valence-electron chi connectivity index (χ3n) is 4.40. The van der Waals surface area contributed by atoms with Crippen LogP contribution in [0.25, 0.3) is 6.08 Å². The lowest BCUT2D eigenvalue weighted by molar-refractivity contribution is -0.127. The van der Waals surface area contributed by atoms with Gasteiger partial charge in [-0.05, 0) is 37.1 Å². The molecule has 1 aliphatic heterocycles. The van der Waals surface area contributed by atoms with Crippen molar-refractivity contribution in [1.82, 2.24) is 15.1 Å². The second-order valence-corrected chi connectivity index (χ2v) is 8.20. The van der Waals surface area contributed by atoms with Crippen LogP contribution in [0.1, 0.15) is 30.3 Å². The zero-order chi connectivity index (χ0) is 20.3. The highest BCUT2D eigenvalue weighted by atomic mass is 32.2. The maximum atomic E-state index is 12.7. The first-order valence-electron chi connectivity index (χ1n) is 8.57. The minimum Gasteiger partial charge on any atom is -0.497 e. The van der Waals surface area contributed by atoms with Gasteiger partial charge in [0, 0.05) is 24.4 Å². The highest BCUT2D eigenvalue weighted by Crippen LogP contribution is 2.32. The van der Waals surface area contributed by atoms with E-state index in [9.17, 15) is 13.2 Å². The third-order valence-corrected chi connectivity index (χ3v) is 5.20. The number of hydrogen-bond donors (Lipinski definition) is 0. The lowest BCUT2D eigenvalue weighted by Crippen LogP contribution is -2.29. The Hall–Kier alpha value is -2.88. The molecule has 0 unspecified atom stereocenters. The van der Waals surface area contributed by atoms with Crippen LogP contribution in [0.5, 0.6) is 11.5 Å².